The molecule has 0 amide bonds. The second kappa shape index (κ2) is 6.64. The highest BCUT2D eigenvalue weighted by Crippen LogP contribution is 2.15. The van der Waals surface area contributed by atoms with Crippen molar-refractivity contribution >= 4 is 27.4 Å². The fourth-order valence-electron chi connectivity index (χ4n) is 1.74. The molecule has 0 N–H and O–H groups in total. The van der Waals surface area contributed by atoms with Crippen molar-refractivity contribution in [2.75, 3.05) is 0 Å². The number of hydrogen-bond acceptors (Lipinski definition) is 3. The quantitative estimate of drug-likeness (QED) is 0.574. The van der Waals surface area contributed by atoms with Gasteiger partial charge in [0.05, 0.1) is 0 Å². The highest BCUT2D eigenvalue weighted by molar-refractivity contribution is 6.75. The summed E-state index contributed by atoms with van der Waals surface area (Å²) in [5, 5.41) is 0. The molecule has 6 heteroatoms. The normalized spacial score (nSPS) is 15.4. The Morgan fingerprint density at radius 3 is 2.56 bits per heavy atom. The van der Waals surface area contributed by atoms with Gasteiger partial charge in [0.15, 0.2) is 0 Å². The van der Waals surface area contributed by atoms with Crippen LogP contribution in [-0.2, 0) is 13.7 Å². The number of hydrogen-bond donors (Lipinski definition) is 0. The summed E-state index contributed by atoms with van der Waals surface area (Å²) in [4.78, 5) is 0. The van der Waals surface area contributed by atoms with E-state index in [0.717, 1.165) is 5.46 Å². The van der Waals surface area contributed by atoms with E-state index in [2.05, 4.69) is 13.2 Å². The van der Waals surface area contributed by atoms with Gasteiger partial charge >= 0.3 is 21.9 Å². The zero-order chi connectivity index (χ0) is 12.8. The van der Waals surface area contributed by atoms with Gasteiger partial charge < -0.3 is 13.7 Å². The molecule has 0 aromatic heterocycles. The minimum Gasteiger partial charge on any atom is -0.455 e. The fraction of sp³-hybridized carbons (Fsp3) is 0.167. The molecule has 1 fully saturated rings. The van der Waals surface area contributed by atoms with Crippen LogP contribution >= 0.6 is 0 Å². The molecule has 89 valence electrons. The van der Waals surface area contributed by atoms with Gasteiger partial charge in [0, 0.05) is 0 Å². The molecule has 1 aromatic rings. The zero-order valence-electron chi connectivity index (χ0n) is 10.2. The summed E-state index contributed by atoms with van der Waals surface area (Å²) in [5.74, 6) is 0.165. The van der Waals surface area contributed by atoms with Gasteiger partial charge in [0.25, 0.3) is 0 Å². The molecule has 0 unspecified atom stereocenters. The predicted molar refractivity (Wildman–Crippen MR) is 75.3 cm³/mol. The predicted octanol–water partition coefficient (Wildman–Crippen LogP) is 1.46. The van der Waals surface area contributed by atoms with E-state index >= 15 is 0 Å². The first kappa shape index (κ1) is 13.2. The number of benzene rings is 1. The van der Waals surface area contributed by atoms with Crippen LogP contribution in [0.5, 0.6) is 0 Å². The van der Waals surface area contributed by atoms with E-state index in [9.17, 15) is 0 Å². The van der Waals surface area contributed by atoms with Gasteiger partial charge in [-0.25, -0.2) is 0 Å². The van der Waals surface area contributed by atoms with E-state index in [1.54, 1.807) is 0 Å². The van der Waals surface area contributed by atoms with E-state index in [4.69, 9.17) is 13.7 Å². The van der Waals surface area contributed by atoms with E-state index in [-0.39, 0.29) is 13.0 Å². The van der Waals surface area contributed by atoms with Crippen LogP contribution in [0, 0.1) is 5.92 Å². The van der Waals surface area contributed by atoms with Crippen LogP contribution in [0.2, 0.25) is 6.32 Å². The molecule has 1 radical (unpaired) electrons. The third-order valence-electron chi connectivity index (χ3n) is 2.80. The van der Waals surface area contributed by atoms with Crippen molar-refractivity contribution in [2.45, 2.75) is 6.32 Å². The highest BCUT2D eigenvalue weighted by Gasteiger charge is 2.35. The van der Waals surface area contributed by atoms with Gasteiger partial charge in [-0.05, 0) is 17.7 Å². The molecule has 1 aliphatic rings. The van der Waals surface area contributed by atoms with Crippen LogP contribution in [0.15, 0.2) is 55.6 Å². The van der Waals surface area contributed by atoms with Gasteiger partial charge in [-0.2, -0.15) is 0 Å². The Bertz CT molecular complexity index is 391. The van der Waals surface area contributed by atoms with Crippen molar-refractivity contribution in [1.82, 2.24) is 0 Å². The maximum Gasteiger partial charge on any atom is 0.466 e. The summed E-state index contributed by atoms with van der Waals surface area (Å²) in [6, 6.07) is 9.76. The summed E-state index contributed by atoms with van der Waals surface area (Å²) in [7, 11) is 0.583. The third kappa shape index (κ3) is 3.39. The SMILES string of the molecule is C=CC(C=C)CB1O[B]OB(c2ccccc2)O1. The molecular weight excluding hydrogens is 225 g/mol. The van der Waals surface area contributed by atoms with Crippen LogP contribution in [0.1, 0.15) is 0 Å². The maximum atomic E-state index is 5.74. The summed E-state index contributed by atoms with van der Waals surface area (Å²) in [6.07, 6.45) is 4.33. The van der Waals surface area contributed by atoms with Crippen molar-refractivity contribution in [3.8, 4) is 0 Å². The average Bonchev–Trinajstić information content (AvgIpc) is 2.46. The Kier molecular flexibility index (Phi) is 4.87. The number of rotatable bonds is 5. The molecule has 1 saturated heterocycles. The maximum absolute atomic E-state index is 5.74. The standard InChI is InChI=1S/C12H14B3O3/c1-3-11(4-2)10-14-16-13-17-15(18-14)12-8-6-5-7-9-12/h3-9,11H,1-2,10H2. The van der Waals surface area contributed by atoms with Crippen molar-refractivity contribution in [3.05, 3.63) is 55.6 Å². The highest BCUT2D eigenvalue weighted by atomic mass is 16.7. The van der Waals surface area contributed by atoms with Crippen molar-refractivity contribution in [3.63, 3.8) is 0 Å². The minimum absolute atomic E-state index is 0.165. The van der Waals surface area contributed by atoms with Gasteiger partial charge in [0.1, 0.15) is 0 Å². The number of allylic oxidation sites excluding steroid dienone is 2. The lowest BCUT2D eigenvalue weighted by molar-refractivity contribution is 0.308. The Balaban J connectivity index is 1.96. The lowest BCUT2D eigenvalue weighted by Gasteiger charge is -2.26. The molecule has 0 aliphatic carbocycles. The fourth-order valence-corrected chi connectivity index (χ4v) is 1.74. The second-order valence-corrected chi connectivity index (χ2v) is 4.05. The largest absolute Gasteiger partial charge is 0.466 e. The minimum atomic E-state index is -0.416. The first-order chi connectivity index (χ1) is 8.83. The molecule has 18 heavy (non-hydrogen) atoms. The third-order valence-corrected chi connectivity index (χ3v) is 2.80. The summed E-state index contributed by atoms with van der Waals surface area (Å²) in [6.45, 7) is 7.50. The summed E-state index contributed by atoms with van der Waals surface area (Å²) in [5.41, 5.74) is 0.968. The molecule has 3 nitrogen and oxygen atoms in total. The Hall–Kier alpha value is -1.23. The molecule has 1 aliphatic heterocycles. The van der Waals surface area contributed by atoms with Crippen molar-refractivity contribution in [2.24, 2.45) is 5.92 Å². The van der Waals surface area contributed by atoms with E-state index in [0.29, 0.717) is 6.32 Å². The topological polar surface area (TPSA) is 27.7 Å². The molecular formula is C12H14B3O3. The van der Waals surface area contributed by atoms with E-state index in [1.165, 1.54) is 7.69 Å². The molecule has 0 saturated carbocycles. The van der Waals surface area contributed by atoms with Crippen molar-refractivity contribution in [1.29, 1.82) is 0 Å². The van der Waals surface area contributed by atoms with Crippen LogP contribution in [0.3, 0.4) is 0 Å². The summed E-state index contributed by atoms with van der Waals surface area (Å²) >= 11 is 0. The zero-order valence-corrected chi connectivity index (χ0v) is 10.2. The van der Waals surface area contributed by atoms with Crippen LogP contribution in [0.4, 0.5) is 0 Å². The molecule has 2 rings (SSSR count). The van der Waals surface area contributed by atoms with E-state index in [1.807, 2.05) is 42.5 Å². The lowest BCUT2D eigenvalue weighted by atomic mass is 9.67. The molecule has 0 spiro atoms. The van der Waals surface area contributed by atoms with E-state index < -0.39 is 7.12 Å². The van der Waals surface area contributed by atoms with Gasteiger partial charge in [0.2, 0.25) is 0 Å². The smallest absolute Gasteiger partial charge is 0.455 e. The Morgan fingerprint density at radius 1 is 1.17 bits per heavy atom. The first-order valence-electron chi connectivity index (χ1n) is 5.91. The summed E-state index contributed by atoms with van der Waals surface area (Å²) < 4.78 is 16.4. The van der Waals surface area contributed by atoms with Crippen LogP contribution in [-0.4, -0.2) is 21.9 Å². The van der Waals surface area contributed by atoms with Crippen LogP contribution < -0.4 is 5.46 Å². The molecule has 1 aromatic carbocycles. The Morgan fingerprint density at radius 2 is 1.89 bits per heavy atom. The van der Waals surface area contributed by atoms with Crippen LogP contribution in [0.25, 0.3) is 0 Å². The molecule has 0 atom stereocenters. The van der Waals surface area contributed by atoms with Crippen molar-refractivity contribution < 1.29 is 13.7 Å². The lowest BCUT2D eigenvalue weighted by Crippen LogP contribution is -2.49. The monoisotopic (exact) mass is 239 g/mol. The van der Waals surface area contributed by atoms with Gasteiger partial charge in [-0.15, -0.1) is 13.2 Å². The molecule has 1 heterocycles. The first-order valence-corrected chi connectivity index (χ1v) is 5.91. The Labute approximate surface area is 109 Å². The van der Waals surface area contributed by atoms with Gasteiger partial charge in [-0.3, -0.25) is 0 Å². The van der Waals surface area contributed by atoms with Gasteiger partial charge in [-0.1, -0.05) is 42.5 Å². The second-order valence-electron chi connectivity index (χ2n) is 4.05. The molecule has 0 bridgehead atoms. The average molecular weight is 239 g/mol.